The number of fused-ring (bicyclic) bond motifs is 3. The Balaban J connectivity index is 0. The summed E-state index contributed by atoms with van der Waals surface area (Å²) >= 11 is 0. The molecule has 3 rings (SSSR count). The third-order valence-corrected chi connectivity index (χ3v) is 6.88. The van der Waals surface area contributed by atoms with E-state index >= 15 is 0 Å². The topological polar surface area (TPSA) is 218 Å². The lowest BCUT2D eigenvalue weighted by Crippen LogP contribution is -2.35. The second-order valence-corrected chi connectivity index (χ2v) is 12.2. The number of halogens is 6. The molecule has 1 aliphatic rings. The number of ether oxygens (including phenoxy) is 5. The lowest BCUT2D eigenvalue weighted by molar-refractivity contribution is -0.169. The molecule has 0 saturated carbocycles. The number of hydrogen-bond donors (Lipinski definition) is 4. The zero-order valence-electron chi connectivity index (χ0n) is 30.2. The largest absolute Gasteiger partial charge is 1.51 e. The number of rotatable bonds is 18. The number of esters is 2. The standard InChI is InChI=1S/C20H18F2O5.C10H16F2O5.C4H7F2NO3.H2P.HP/c21-20(22)27-10-12(19(24)25)9-18(23)26-11-17-15-7-3-1-5-13(15)14-6-2-4-8-16(14)17;1-10(2,3)17-7(13)4-6(8(14)15)5-16-9(11)12;5-4(6)10-1-2(7)3(8)9;;/h1-8,12,17,20H,9-11H2,(H,24,25);6,9H,4-5H2,1-3H3,(H,14,15);2,4H,1,7H2,(H,8,9);1H2;1H/q;;;-1;-2/t12-;6-;2-;;/m000../s1. The van der Waals surface area contributed by atoms with Crippen LogP contribution in [-0.2, 0) is 47.7 Å². The SMILES string of the molecule is CC(C)(C)OC(=O)C[C@@H](COC(F)F)C(=O)O.N[C@@H](COC(F)F)C(=O)O.O=C(C[C@@H](COC(F)F)C(=O)O)OCC1c2ccccc2-c2ccccc21.[PH-2].[PH2-]. The lowest BCUT2D eigenvalue weighted by Gasteiger charge is -2.20. The van der Waals surface area contributed by atoms with Gasteiger partial charge in [-0.2, -0.15) is 26.3 Å². The smallest absolute Gasteiger partial charge is 0.345 e. The molecule has 3 atom stereocenters. The Hall–Kier alpha value is -3.93. The van der Waals surface area contributed by atoms with Crippen molar-refractivity contribution in [3.63, 3.8) is 0 Å². The van der Waals surface area contributed by atoms with Crippen molar-refractivity contribution >= 4 is 49.6 Å². The van der Waals surface area contributed by atoms with E-state index in [2.05, 4.69) is 14.2 Å². The van der Waals surface area contributed by atoms with E-state index in [9.17, 15) is 50.3 Å². The van der Waals surface area contributed by atoms with Crippen LogP contribution in [0.4, 0.5) is 26.3 Å². The van der Waals surface area contributed by atoms with Crippen LogP contribution in [0.25, 0.3) is 11.1 Å². The van der Waals surface area contributed by atoms with Crippen molar-refractivity contribution in [1.29, 1.82) is 0 Å². The Labute approximate surface area is 324 Å². The van der Waals surface area contributed by atoms with Gasteiger partial charge in [0, 0.05) is 5.92 Å². The molecular formula is C34H44F6NO13P2-3. The highest BCUT2D eigenvalue weighted by Crippen LogP contribution is 2.44. The summed E-state index contributed by atoms with van der Waals surface area (Å²) in [5.74, 6) is -8.51. The highest BCUT2D eigenvalue weighted by atomic mass is 31.0. The number of carbonyl (C=O) groups is 5. The Morgan fingerprint density at radius 1 is 0.661 bits per heavy atom. The first-order chi connectivity index (χ1) is 25.1. The van der Waals surface area contributed by atoms with Crippen LogP contribution in [0.15, 0.2) is 48.5 Å². The fourth-order valence-electron chi connectivity index (χ4n) is 4.52. The molecule has 14 nitrogen and oxygen atoms in total. The van der Waals surface area contributed by atoms with E-state index in [1.165, 1.54) is 0 Å². The molecule has 0 fully saturated rings. The number of carbonyl (C=O) groups excluding carboxylic acids is 2. The molecule has 0 saturated heterocycles. The van der Waals surface area contributed by atoms with Crippen molar-refractivity contribution in [3.05, 3.63) is 59.7 Å². The molecule has 0 heterocycles. The van der Waals surface area contributed by atoms with Gasteiger partial charge in [0.05, 0.1) is 44.5 Å². The highest BCUT2D eigenvalue weighted by molar-refractivity contribution is 6.92. The van der Waals surface area contributed by atoms with Gasteiger partial charge in [-0.3, -0.25) is 24.0 Å². The van der Waals surface area contributed by atoms with Crippen LogP contribution < -0.4 is 5.73 Å². The van der Waals surface area contributed by atoms with Gasteiger partial charge in [-0.05, 0) is 43.0 Å². The van der Waals surface area contributed by atoms with Crippen molar-refractivity contribution < 1.29 is 89.3 Å². The Bertz CT molecular complexity index is 1490. The van der Waals surface area contributed by atoms with Gasteiger partial charge in [0.1, 0.15) is 18.2 Å². The summed E-state index contributed by atoms with van der Waals surface area (Å²) in [6.45, 7) is -6.36. The van der Waals surface area contributed by atoms with E-state index in [-0.39, 0.29) is 32.3 Å². The lowest BCUT2D eigenvalue weighted by atomic mass is 9.98. The molecule has 0 radical (unpaired) electrons. The monoisotopic (exact) mass is 850 g/mol. The summed E-state index contributed by atoms with van der Waals surface area (Å²) < 4.78 is 91.7. The second-order valence-electron chi connectivity index (χ2n) is 12.2. The summed E-state index contributed by atoms with van der Waals surface area (Å²) in [5, 5.41) is 25.8. The van der Waals surface area contributed by atoms with E-state index in [1.54, 1.807) is 20.8 Å². The molecular weight excluding hydrogens is 806 g/mol. The molecule has 2 aromatic carbocycles. The minimum Gasteiger partial charge on any atom is -1.51 e. The Kier molecular flexibility index (Phi) is 26.0. The van der Waals surface area contributed by atoms with Crippen molar-refractivity contribution in [1.82, 2.24) is 0 Å². The van der Waals surface area contributed by atoms with E-state index in [1.807, 2.05) is 48.5 Å². The van der Waals surface area contributed by atoms with Crippen LogP contribution in [0.2, 0.25) is 0 Å². The van der Waals surface area contributed by atoms with Gasteiger partial charge in [0.15, 0.2) is 0 Å². The maximum atomic E-state index is 12.1. The van der Waals surface area contributed by atoms with Crippen molar-refractivity contribution in [2.75, 3.05) is 26.4 Å². The first kappa shape index (κ1) is 54.2. The van der Waals surface area contributed by atoms with E-state index in [4.69, 9.17) is 30.5 Å². The summed E-state index contributed by atoms with van der Waals surface area (Å²) in [6, 6.07) is 14.2. The molecule has 56 heavy (non-hydrogen) atoms. The Morgan fingerprint density at radius 2 is 1.04 bits per heavy atom. The highest BCUT2D eigenvalue weighted by Gasteiger charge is 2.31. The van der Waals surface area contributed by atoms with Gasteiger partial charge < -0.3 is 64.5 Å². The van der Waals surface area contributed by atoms with Crippen molar-refractivity contribution in [2.45, 2.75) is 71.0 Å². The van der Waals surface area contributed by atoms with Gasteiger partial charge in [0.25, 0.3) is 0 Å². The summed E-state index contributed by atoms with van der Waals surface area (Å²) in [4.78, 5) is 55.0. The predicted molar refractivity (Wildman–Crippen MR) is 192 cm³/mol. The number of hydrogen-bond acceptors (Lipinski definition) is 11. The molecule has 2 aromatic rings. The van der Waals surface area contributed by atoms with E-state index < -0.39 is 106 Å². The minimum atomic E-state index is -3.09. The van der Waals surface area contributed by atoms with Crippen molar-refractivity contribution in [2.24, 2.45) is 17.6 Å². The van der Waals surface area contributed by atoms with Crippen LogP contribution in [0.1, 0.15) is 50.7 Å². The second kappa shape index (κ2) is 26.8. The summed E-state index contributed by atoms with van der Waals surface area (Å²) in [7, 11) is 0. The summed E-state index contributed by atoms with van der Waals surface area (Å²) in [5.41, 5.74) is 8.26. The third-order valence-electron chi connectivity index (χ3n) is 6.88. The van der Waals surface area contributed by atoms with E-state index in [0.717, 1.165) is 22.3 Å². The van der Waals surface area contributed by atoms with Crippen molar-refractivity contribution in [3.8, 4) is 11.1 Å². The zero-order chi connectivity index (χ0) is 41.2. The summed E-state index contributed by atoms with van der Waals surface area (Å²) in [6.07, 6.45) is -1.03. The average molecular weight is 851 g/mol. The molecule has 0 unspecified atom stereocenters. The molecule has 0 aromatic heterocycles. The number of benzene rings is 2. The molecule has 0 amide bonds. The maximum Gasteiger partial charge on any atom is 0.345 e. The minimum absolute atomic E-state index is 0. The average Bonchev–Trinajstić information content (AvgIpc) is 3.39. The molecule has 0 aliphatic heterocycles. The fraction of sp³-hybridized carbons (Fsp3) is 0.500. The van der Waals surface area contributed by atoms with Gasteiger partial charge in [-0.15, -0.1) is 0 Å². The van der Waals surface area contributed by atoms with Crippen LogP contribution in [-0.4, -0.2) is 103 Å². The van der Waals surface area contributed by atoms with Gasteiger partial charge in [0.2, 0.25) is 0 Å². The molecule has 0 bridgehead atoms. The molecule has 318 valence electrons. The Morgan fingerprint density at radius 3 is 1.39 bits per heavy atom. The number of aliphatic carboxylic acids is 3. The fourth-order valence-corrected chi connectivity index (χ4v) is 4.52. The third kappa shape index (κ3) is 21.4. The maximum absolute atomic E-state index is 12.1. The normalized spacial score (nSPS) is 13.2. The van der Waals surface area contributed by atoms with Gasteiger partial charge >= 0.3 is 49.7 Å². The van der Waals surface area contributed by atoms with Crippen LogP contribution >= 0.6 is 19.8 Å². The first-order valence-corrected chi connectivity index (χ1v) is 15.8. The predicted octanol–water partition coefficient (Wildman–Crippen LogP) is 5.89. The molecule has 5 N–H and O–H groups in total. The first-order valence-electron chi connectivity index (χ1n) is 15.8. The quantitative estimate of drug-likeness (QED) is 0.0782. The van der Waals surface area contributed by atoms with Gasteiger partial charge in [-0.1, -0.05) is 48.5 Å². The number of nitrogens with two attached hydrogens (primary N) is 1. The number of alkyl halides is 6. The molecule has 22 heteroatoms. The zero-order valence-corrected chi connectivity index (χ0v) is 32.4. The van der Waals surface area contributed by atoms with Crippen LogP contribution in [0.3, 0.4) is 0 Å². The van der Waals surface area contributed by atoms with Crippen LogP contribution in [0.5, 0.6) is 0 Å². The van der Waals surface area contributed by atoms with Crippen LogP contribution in [0, 0.1) is 11.8 Å². The number of carboxylic acid groups (broad SMARTS) is 3. The van der Waals surface area contributed by atoms with E-state index in [0.29, 0.717) is 0 Å². The van der Waals surface area contributed by atoms with Gasteiger partial charge in [-0.25, -0.2) is 0 Å². The number of carboxylic acids is 3. The molecule has 1 aliphatic carbocycles. The molecule has 0 spiro atoms.